The van der Waals surface area contributed by atoms with Crippen LogP contribution in [0.4, 0.5) is 0 Å². The van der Waals surface area contributed by atoms with Gasteiger partial charge in [0.1, 0.15) is 5.82 Å². The van der Waals surface area contributed by atoms with E-state index in [0.717, 1.165) is 0 Å². The van der Waals surface area contributed by atoms with Crippen molar-refractivity contribution in [2.45, 2.75) is 6.92 Å². The molecule has 1 amide bonds. The largest absolute Gasteiger partial charge is 0.477 e. The zero-order valence-electron chi connectivity index (χ0n) is 6.29. The molecule has 0 saturated heterocycles. The highest BCUT2D eigenvalue weighted by atomic mass is 16.4. The third-order valence-electron chi connectivity index (χ3n) is 1.27. The summed E-state index contributed by atoms with van der Waals surface area (Å²) in [5.74, 6) is -1.75. The topological polar surface area (TPSA) is 109 Å². The Balaban J connectivity index is 3.26. The number of imidazole rings is 1. The molecule has 64 valence electrons. The second kappa shape index (κ2) is 2.65. The van der Waals surface area contributed by atoms with Gasteiger partial charge in [0.05, 0.1) is 0 Å². The summed E-state index contributed by atoms with van der Waals surface area (Å²) >= 11 is 0. The van der Waals surface area contributed by atoms with Crippen molar-refractivity contribution in [3.8, 4) is 0 Å². The van der Waals surface area contributed by atoms with E-state index in [-0.39, 0.29) is 11.4 Å². The van der Waals surface area contributed by atoms with Gasteiger partial charge >= 0.3 is 5.97 Å². The predicted molar refractivity (Wildman–Crippen MR) is 38.8 cm³/mol. The molecule has 6 nitrogen and oxygen atoms in total. The van der Waals surface area contributed by atoms with Crippen LogP contribution in [0.2, 0.25) is 0 Å². The van der Waals surface area contributed by atoms with Gasteiger partial charge in [-0.25, -0.2) is 9.78 Å². The molecule has 1 heterocycles. The zero-order chi connectivity index (χ0) is 9.30. The smallest absolute Gasteiger partial charge is 0.354 e. The number of carboxylic acids is 1. The number of nitrogens with two attached hydrogens (primary N) is 1. The van der Waals surface area contributed by atoms with Crippen LogP contribution in [0.3, 0.4) is 0 Å². The highest BCUT2D eigenvalue weighted by Crippen LogP contribution is 2.04. The Morgan fingerprint density at radius 1 is 1.58 bits per heavy atom. The lowest BCUT2D eigenvalue weighted by molar-refractivity contribution is 0.0686. The summed E-state index contributed by atoms with van der Waals surface area (Å²) in [4.78, 5) is 27.1. The van der Waals surface area contributed by atoms with E-state index >= 15 is 0 Å². The summed E-state index contributed by atoms with van der Waals surface area (Å²) in [5, 5.41) is 8.55. The molecule has 0 aliphatic carbocycles. The molecule has 0 aliphatic heterocycles. The Bertz CT molecular complexity index is 310. The standard InChI is InChI=1S/C6H7N3O3/c1-2-8-3(5(7)10)4(9-2)6(11)12/h1H3,(H2,7,10)(H,8,9)(H,11,12). The maximum atomic E-state index is 10.6. The molecule has 12 heavy (non-hydrogen) atoms. The van der Waals surface area contributed by atoms with E-state index in [1.165, 1.54) is 0 Å². The van der Waals surface area contributed by atoms with E-state index in [0.29, 0.717) is 5.82 Å². The molecule has 1 aromatic heterocycles. The Morgan fingerprint density at radius 2 is 2.17 bits per heavy atom. The highest BCUT2D eigenvalue weighted by molar-refractivity contribution is 6.01. The van der Waals surface area contributed by atoms with Gasteiger partial charge in [-0.3, -0.25) is 4.79 Å². The minimum Gasteiger partial charge on any atom is -0.477 e. The van der Waals surface area contributed by atoms with Gasteiger partial charge in [-0.1, -0.05) is 0 Å². The maximum absolute atomic E-state index is 10.6. The summed E-state index contributed by atoms with van der Waals surface area (Å²) in [6.45, 7) is 1.54. The normalized spacial score (nSPS) is 9.75. The first-order valence-corrected chi connectivity index (χ1v) is 3.12. The van der Waals surface area contributed by atoms with Crippen molar-refractivity contribution in [2.75, 3.05) is 0 Å². The number of hydrogen-bond acceptors (Lipinski definition) is 3. The fourth-order valence-corrected chi connectivity index (χ4v) is 0.825. The average molecular weight is 169 g/mol. The maximum Gasteiger partial charge on any atom is 0.354 e. The minimum absolute atomic E-state index is 0.236. The molecule has 0 fully saturated rings. The summed E-state index contributed by atoms with van der Waals surface area (Å²) < 4.78 is 0. The Labute approximate surface area is 67.4 Å². The van der Waals surface area contributed by atoms with Crippen LogP contribution in [0.15, 0.2) is 0 Å². The fraction of sp³-hybridized carbons (Fsp3) is 0.167. The quantitative estimate of drug-likeness (QED) is 0.555. The van der Waals surface area contributed by atoms with E-state index in [2.05, 4.69) is 9.97 Å². The first-order chi connectivity index (χ1) is 5.52. The average Bonchev–Trinajstić information content (AvgIpc) is 2.31. The van der Waals surface area contributed by atoms with Crippen molar-refractivity contribution in [3.05, 3.63) is 17.2 Å². The molecule has 0 aromatic carbocycles. The SMILES string of the molecule is Cc1nc(C(N)=O)c(C(=O)O)[nH]1. The van der Waals surface area contributed by atoms with Crippen LogP contribution in [0, 0.1) is 6.92 Å². The molecule has 0 unspecified atom stereocenters. The molecule has 0 atom stereocenters. The van der Waals surface area contributed by atoms with E-state index in [1.54, 1.807) is 6.92 Å². The second-order valence-corrected chi connectivity index (χ2v) is 2.22. The van der Waals surface area contributed by atoms with Crippen molar-refractivity contribution < 1.29 is 14.7 Å². The van der Waals surface area contributed by atoms with Crippen LogP contribution >= 0.6 is 0 Å². The summed E-state index contributed by atoms with van der Waals surface area (Å²) in [6.07, 6.45) is 0. The molecule has 6 heteroatoms. The molecule has 1 aromatic rings. The number of carbonyl (C=O) groups is 2. The van der Waals surface area contributed by atoms with E-state index in [1.807, 2.05) is 0 Å². The first kappa shape index (κ1) is 8.25. The van der Waals surface area contributed by atoms with Gasteiger partial charge < -0.3 is 15.8 Å². The number of nitrogens with zero attached hydrogens (tertiary/aromatic N) is 1. The van der Waals surface area contributed by atoms with E-state index in [9.17, 15) is 9.59 Å². The summed E-state index contributed by atoms with van der Waals surface area (Å²) in [5.41, 5.74) is 4.38. The van der Waals surface area contributed by atoms with Crippen molar-refractivity contribution in [2.24, 2.45) is 5.73 Å². The number of hydrogen-bond donors (Lipinski definition) is 3. The summed E-state index contributed by atoms with van der Waals surface area (Å²) in [7, 11) is 0. The van der Waals surface area contributed by atoms with Crippen molar-refractivity contribution >= 4 is 11.9 Å². The lowest BCUT2D eigenvalue weighted by atomic mass is 10.3. The number of aromatic carboxylic acids is 1. The lowest BCUT2D eigenvalue weighted by Gasteiger charge is -1.89. The number of aromatic amines is 1. The van der Waals surface area contributed by atoms with Gasteiger partial charge in [-0.05, 0) is 6.92 Å². The molecular weight excluding hydrogens is 162 g/mol. The Morgan fingerprint density at radius 3 is 2.50 bits per heavy atom. The molecule has 0 saturated carbocycles. The van der Waals surface area contributed by atoms with Crippen LogP contribution in [0.5, 0.6) is 0 Å². The van der Waals surface area contributed by atoms with Gasteiger partial charge in [0.2, 0.25) is 0 Å². The fourth-order valence-electron chi connectivity index (χ4n) is 0.825. The third-order valence-corrected chi connectivity index (χ3v) is 1.27. The molecule has 0 aliphatic rings. The van der Waals surface area contributed by atoms with Crippen molar-refractivity contribution in [3.63, 3.8) is 0 Å². The van der Waals surface area contributed by atoms with Gasteiger partial charge in [-0.15, -0.1) is 0 Å². The van der Waals surface area contributed by atoms with E-state index in [4.69, 9.17) is 10.8 Å². The number of primary amides is 1. The van der Waals surface area contributed by atoms with Crippen molar-refractivity contribution in [1.29, 1.82) is 0 Å². The molecule has 1 rings (SSSR count). The minimum atomic E-state index is -1.25. The first-order valence-electron chi connectivity index (χ1n) is 3.12. The zero-order valence-corrected chi connectivity index (χ0v) is 6.29. The highest BCUT2D eigenvalue weighted by Gasteiger charge is 2.18. The van der Waals surface area contributed by atoms with Crippen molar-refractivity contribution in [1.82, 2.24) is 9.97 Å². The number of aromatic nitrogens is 2. The van der Waals surface area contributed by atoms with Crippen LogP contribution < -0.4 is 5.73 Å². The number of nitrogens with one attached hydrogen (secondary N) is 1. The second-order valence-electron chi connectivity index (χ2n) is 2.22. The third kappa shape index (κ3) is 1.26. The predicted octanol–water partition coefficient (Wildman–Crippen LogP) is -0.485. The summed E-state index contributed by atoms with van der Waals surface area (Å²) in [6, 6.07) is 0. The molecule has 0 spiro atoms. The number of carbonyl (C=O) groups excluding carboxylic acids is 1. The van der Waals surface area contributed by atoms with Crippen LogP contribution in [0.25, 0.3) is 0 Å². The number of H-pyrrole nitrogens is 1. The molecular formula is C6H7N3O3. The number of carboxylic acid groups (broad SMARTS) is 1. The van der Waals surface area contributed by atoms with Gasteiger partial charge in [0.25, 0.3) is 5.91 Å². The number of aryl methyl sites for hydroxylation is 1. The van der Waals surface area contributed by atoms with Crippen LogP contribution in [-0.2, 0) is 0 Å². The molecule has 0 radical (unpaired) electrons. The Hall–Kier alpha value is -1.85. The van der Waals surface area contributed by atoms with E-state index < -0.39 is 11.9 Å². The van der Waals surface area contributed by atoms with Gasteiger partial charge in [0, 0.05) is 0 Å². The lowest BCUT2D eigenvalue weighted by Crippen LogP contribution is -2.16. The molecule has 0 bridgehead atoms. The monoisotopic (exact) mass is 169 g/mol. The molecule has 4 N–H and O–H groups in total. The van der Waals surface area contributed by atoms with Crippen LogP contribution in [-0.4, -0.2) is 27.0 Å². The van der Waals surface area contributed by atoms with Gasteiger partial charge in [0.15, 0.2) is 11.4 Å². The number of rotatable bonds is 2. The van der Waals surface area contributed by atoms with Crippen LogP contribution in [0.1, 0.15) is 26.8 Å². The van der Waals surface area contributed by atoms with Gasteiger partial charge in [-0.2, -0.15) is 0 Å². The number of amides is 1. The Kier molecular flexibility index (Phi) is 1.82.